The number of rotatable bonds is 6. The molecule has 31 heavy (non-hydrogen) atoms. The van der Waals surface area contributed by atoms with Gasteiger partial charge in [0, 0.05) is 17.5 Å². The SMILES string of the molecule is CCOc1cc(F)cc(C(=O)C2CC3COCC(C2)N3C(=O)OCc2ccccc2)c1. The molecule has 7 heteroatoms. The van der Waals surface area contributed by atoms with Gasteiger partial charge in [0.2, 0.25) is 0 Å². The molecule has 2 aliphatic heterocycles. The van der Waals surface area contributed by atoms with Gasteiger partial charge in [-0.25, -0.2) is 9.18 Å². The molecule has 2 aliphatic rings. The number of nitrogens with zero attached hydrogens (tertiary/aromatic N) is 1. The van der Waals surface area contributed by atoms with Crippen molar-refractivity contribution in [1.82, 2.24) is 4.90 Å². The Morgan fingerprint density at radius 2 is 1.81 bits per heavy atom. The minimum absolute atomic E-state index is 0.130. The van der Waals surface area contributed by atoms with E-state index >= 15 is 0 Å². The molecule has 2 heterocycles. The highest BCUT2D eigenvalue weighted by Gasteiger charge is 2.44. The number of hydrogen-bond acceptors (Lipinski definition) is 5. The van der Waals surface area contributed by atoms with Crippen LogP contribution < -0.4 is 4.74 Å². The van der Waals surface area contributed by atoms with Gasteiger partial charge in [-0.15, -0.1) is 0 Å². The zero-order valence-electron chi connectivity index (χ0n) is 17.5. The van der Waals surface area contributed by atoms with Crippen molar-refractivity contribution in [2.75, 3.05) is 19.8 Å². The second-order valence-corrected chi connectivity index (χ2v) is 7.93. The van der Waals surface area contributed by atoms with Gasteiger partial charge in [0.15, 0.2) is 5.78 Å². The summed E-state index contributed by atoms with van der Waals surface area (Å²) in [7, 11) is 0. The van der Waals surface area contributed by atoms with Crippen LogP contribution in [0.25, 0.3) is 0 Å². The van der Waals surface area contributed by atoms with Crippen LogP contribution in [0.3, 0.4) is 0 Å². The molecule has 0 radical (unpaired) electrons. The quantitative estimate of drug-likeness (QED) is 0.646. The number of carbonyl (C=O) groups is 2. The van der Waals surface area contributed by atoms with Crippen LogP contribution in [0.2, 0.25) is 0 Å². The molecule has 0 aliphatic carbocycles. The summed E-state index contributed by atoms with van der Waals surface area (Å²) in [6.07, 6.45) is 0.518. The van der Waals surface area contributed by atoms with Gasteiger partial charge in [-0.1, -0.05) is 30.3 Å². The maximum absolute atomic E-state index is 14.0. The number of ether oxygens (including phenoxy) is 3. The van der Waals surface area contributed by atoms with Crippen LogP contribution in [-0.4, -0.2) is 48.7 Å². The minimum atomic E-state index is -0.500. The third kappa shape index (κ3) is 4.88. The first kappa shape index (κ1) is 21.3. The van der Waals surface area contributed by atoms with Gasteiger partial charge in [0.25, 0.3) is 0 Å². The number of ketones is 1. The van der Waals surface area contributed by atoms with E-state index < -0.39 is 11.9 Å². The predicted octanol–water partition coefficient (Wildman–Crippen LogP) is 4.22. The lowest BCUT2D eigenvalue weighted by Crippen LogP contribution is -2.59. The molecule has 0 aromatic heterocycles. The predicted molar refractivity (Wildman–Crippen MR) is 111 cm³/mol. The van der Waals surface area contributed by atoms with E-state index in [0.717, 1.165) is 5.56 Å². The van der Waals surface area contributed by atoms with E-state index in [1.54, 1.807) is 17.9 Å². The van der Waals surface area contributed by atoms with Gasteiger partial charge in [-0.05, 0) is 37.5 Å². The van der Waals surface area contributed by atoms with Gasteiger partial charge in [-0.2, -0.15) is 0 Å². The van der Waals surface area contributed by atoms with Crippen molar-refractivity contribution in [3.8, 4) is 5.75 Å². The number of halogens is 1. The molecule has 0 N–H and O–H groups in total. The van der Waals surface area contributed by atoms with Crippen LogP contribution in [0, 0.1) is 11.7 Å². The van der Waals surface area contributed by atoms with Crippen molar-refractivity contribution in [2.24, 2.45) is 5.92 Å². The Morgan fingerprint density at radius 1 is 1.10 bits per heavy atom. The van der Waals surface area contributed by atoms with E-state index in [-0.39, 0.29) is 30.4 Å². The first-order valence-corrected chi connectivity index (χ1v) is 10.6. The maximum Gasteiger partial charge on any atom is 0.410 e. The Kier molecular flexibility index (Phi) is 6.51. The highest BCUT2D eigenvalue weighted by atomic mass is 19.1. The summed E-state index contributed by atoms with van der Waals surface area (Å²) in [4.78, 5) is 27.6. The standard InChI is InChI=1S/C24H26FNO5/c1-2-30-22-11-17(8-19(25)12-22)23(27)18-9-20-14-29-15-21(10-18)26(20)24(28)31-13-16-6-4-3-5-7-16/h3-8,11-12,18,20-21H,2,9-10,13-15H2,1H3. The fraction of sp³-hybridized carbons (Fsp3) is 0.417. The van der Waals surface area contributed by atoms with Crippen molar-refractivity contribution in [3.05, 3.63) is 65.5 Å². The normalized spacial score (nSPS) is 22.6. The molecule has 4 rings (SSSR count). The highest BCUT2D eigenvalue weighted by Crippen LogP contribution is 2.34. The Hall–Kier alpha value is -2.93. The monoisotopic (exact) mass is 427 g/mol. The number of Topliss-reactive ketones (excluding diaryl/α,β-unsaturated/α-hetero) is 1. The summed E-state index contributed by atoms with van der Waals surface area (Å²) >= 11 is 0. The molecule has 2 aromatic carbocycles. The van der Waals surface area contributed by atoms with Crippen LogP contribution >= 0.6 is 0 Å². The van der Waals surface area contributed by atoms with E-state index in [9.17, 15) is 14.0 Å². The number of fused-ring (bicyclic) bond motifs is 2. The number of hydrogen-bond donors (Lipinski definition) is 0. The Balaban J connectivity index is 1.44. The highest BCUT2D eigenvalue weighted by molar-refractivity contribution is 5.98. The van der Waals surface area contributed by atoms with E-state index in [1.165, 1.54) is 12.1 Å². The minimum Gasteiger partial charge on any atom is -0.494 e. The van der Waals surface area contributed by atoms with E-state index in [4.69, 9.17) is 14.2 Å². The average molecular weight is 427 g/mol. The third-order valence-corrected chi connectivity index (χ3v) is 5.77. The smallest absolute Gasteiger partial charge is 0.410 e. The Bertz CT molecular complexity index is 921. The molecule has 0 saturated carbocycles. The number of piperidine rings is 1. The fourth-order valence-electron chi connectivity index (χ4n) is 4.41. The first-order chi connectivity index (χ1) is 15.0. The lowest BCUT2D eigenvalue weighted by atomic mass is 9.81. The molecular formula is C24H26FNO5. The molecule has 2 saturated heterocycles. The number of benzene rings is 2. The summed E-state index contributed by atoms with van der Waals surface area (Å²) < 4.78 is 30.5. The molecule has 2 atom stereocenters. The zero-order valence-corrected chi connectivity index (χ0v) is 17.5. The molecule has 2 fully saturated rings. The van der Waals surface area contributed by atoms with Crippen LogP contribution in [0.15, 0.2) is 48.5 Å². The zero-order chi connectivity index (χ0) is 21.8. The number of carbonyl (C=O) groups excluding carboxylic acids is 2. The van der Waals surface area contributed by atoms with E-state index in [2.05, 4.69) is 0 Å². The van der Waals surface area contributed by atoms with Crippen LogP contribution in [-0.2, 0) is 16.1 Å². The second kappa shape index (κ2) is 9.47. The van der Waals surface area contributed by atoms with Gasteiger partial charge in [0.05, 0.1) is 31.9 Å². The molecule has 1 amide bonds. The fourth-order valence-corrected chi connectivity index (χ4v) is 4.41. The van der Waals surface area contributed by atoms with Crippen molar-refractivity contribution >= 4 is 11.9 Å². The number of morpholine rings is 1. The van der Waals surface area contributed by atoms with Gasteiger partial charge >= 0.3 is 6.09 Å². The summed E-state index contributed by atoms with van der Waals surface area (Å²) in [5.41, 5.74) is 1.21. The van der Waals surface area contributed by atoms with E-state index in [1.807, 2.05) is 30.3 Å². The topological polar surface area (TPSA) is 65.1 Å². The van der Waals surface area contributed by atoms with Crippen molar-refractivity contribution < 1.29 is 28.2 Å². The molecule has 0 spiro atoms. The largest absolute Gasteiger partial charge is 0.494 e. The van der Waals surface area contributed by atoms with Crippen LogP contribution in [0.1, 0.15) is 35.7 Å². The first-order valence-electron chi connectivity index (χ1n) is 10.6. The van der Waals surface area contributed by atoms with Crippen molar-refractivity contribution in [2.45, 2.75) is 38.5 Å². The van der Waals surface area contributed by atoms with Crippen molar-refractivity contribution in [1.29, 1.82) is 0 Å². The van der Waals surface area contributed by atoms with Gasteiger partial charge in [0.1, 0.15) is 18.2 Å². The molecular weight excluding hydrogens is 401 g/mol. The van der Waals surface area contributed by atoms with Gasteiger partial charge in [-0.3, -0.25) is 9.69 Å². The third-order valence-electron chi connectivity index (χ3n) is 5.77. The lowest BCUT2D eigenvalue weighted by molar-refractivity contribution is -0.0755. The molecule has 6 nitrogen and oxygen atoms in total. The van der Waals surface area contributed by atoms with Crippen molar-refractivity contribution in [3.63, 3.8) is 0 Å². The Labute approximate surface area is 180 Å². The summed E-state index contributed by atoms with van der Waals surface area (Å²) in [6, 6.07) is 13.1. The van der Waals surface area contributed by atoms with Crippen LogP contribution in [0.4, 0.5) is 9.18 Å². The molecule has 164 valence electrons. The summed E-state index contributed by atoms with van der Waals surface area (Å²) in [5.74, 6) is -0.598. The average Bonchev–Trinajstić information content (AvgIpc) is 2.76. The van der Waals surface area contributed by atoms with E-state index in [0.29, 0.717) is 44.0 Å². The summed E-state index contributed by atoms with van der Waals surface area (Å²) in [6.45, 7) is 3.10. The molecule has 2 unspecified atom stereocenters. The second-order valence-electron chi connectivity index (χ2n) is 7.93. The number of amides is 1. The lowest BCUT2D eigenvalue weighted by Gasteiger charge is -2.47. The Morgan fingerprint density at radius 3 is 2.48 bits per heavy atom. The summed E-state index contributed by atoms with van der Waals surface area (Å²) in [5, 5.41) is 0. The molecule has 2 aromatic rings. The molecule has 2 bridgehead atoms. The van der Waals surface area contributed by atoms with Gasteiger partial charge < -0.3 is 14.2 Å². The maximum atomic E-state index is 14.0. The van der Waals surface area contributed by atoms with Crippen LogP contribution in [0.5, 0.6) is 5.75 Å².